The van der Waals surface area contributed by atoms with Crippen molar-refractivity contribution < 1.29 is 0 Å². The van der Waals surface area contributed by atoms with Crippen LogP contribution in [-0.4, -0.2) is 9.81 Å². The third-order valence-electron chi connectivity index (χ3n) is 1.96. The predicted octanol–water partition coefficient (Wildman–Crippen LogP) is 4.28. The number of hydrogen-bond acceptors (Lipinski definition) is 1. The van der Waals surface area contributed by atoms with E-state index in [1.165, 1.54) is 0 Å². The molecule has 1 heterocycles. The fourth-order valence-corrected chi connectivity index (χ4v) is 1.78. The van der Waals surface area contributed by atoms with Crippen molar-refractivity contribution in [1.82, 2.24) is 4.98 Å². The van der Waals surface area contributed by atoms with E-state index in [1.807, 2.05) is 0 Å². The Morgan fingerprint density at radius 3 is 2.46 bits per heavy atom. The molecule has 1 aromatic rings. The molecule has 0 amide bonds. The van der Waals surface area contributed by atoms with Crippen molar-refractivity contribution in [3.8, 4) is 0 Å². The van der Waals surface area contributed by atoms with Gasteiger partial charge < -0.3 is 0 Å². The van der Waals surface area contributed by atoms with Crippen molar-refractivity contribution in [2.45, 2.75) is 24.6 Å². The van der Waals surface area contributed by atoms with Crippen molar-refractivity contribution in [2.24, 2.45) is 0 Å². The Kier molecular flexibility index (Phi) is 4.02. The lowest BCUT2D eigenvalue weighted by Crippen LogP contribution is -2.07. The van der Waals surface area contributed by atoms with Gasteiger partial charge in [-0.15, -0.1) is 0 Å². The summed E-state index contributed by atoms with van der Waals surface area (Å²) in [5.41, 5.74) is 0.885. The van der Waals surface area contributed by atoms with Gasteiger partial charge in [0, 0.05) is 16.9 Å². The van der Waals surface area contributed by atoms with Crippen molar-refractivity contribution in [3.05, 3.63) is 28.0 Å². The van der Waals surface area contributed by atoms with E-state index >= 15 is 0 Å². The van der Waals surface area contributed by atoms with E-state index in [2.05, 4.69) is 34.8 Å². The highest BCUT2D eigenvalue weighted by Crippen LogP contribution is 2.29. The largest absolute Gasteiger partial charge is 0.258 e. The molecule has 0 saturated heterocycles. The molecule has 2 unspecified atom stereocenters. The summed E-state index contributed by atoms with van der Waals surface area (Å²) < 4.78 is 0. The van der Waals surface area contributed by atoms with Crippen LogP contribution in [0.25, 0.3) is 0 Å². The van der Waals surface area contributed by atoms with Crippen molar-refractivity contribution >= 4 is 39.1 Å². The topological polar surface area (TPSA) is 12.9 Å². The molecular weight excluding hydrogens is 273 g/mol. The molecule has 4 heteroatoms. The Hall–Kier alpha value is 0.210. The molecule has 0 radical (unpaired) electrons. The SMILES string of the molecule is CC(Br)C(C)c1ncc(Cl)cc1Cl. The van der Waals surface area contributed by atoms with Crippen LogP contribution in [-0.2, 0) is 0 Å². The first-order valence-corrected chi connectivity index (χ1v) is 5.64. The summed E-state index contributed by atoms with van der Waals surface area (Å²) in [6.45, 7) is 4.14. The minimum Gasteiger partial charge on any atom is -0.258 e. The average Bonchev–Trinajstić information content (AvgIpc) is 2.03. The molecule has 1 nitrogen and oxygen atoms in total. The highest BCUT2D eigenvalue weighted by atomic mass is 79.9. The lowest BCUT2D eigenvalue weighted by Gasteiger charge is -2.14. The molecular formula is C9H10BrCl2N. The zero-order valence-electron chi connectivity index (χ0n) is 7.39. The summed E-state index contributed by atoms with van der Waals surface area (Å²) in [6, 6.07) is 1.72. The number of nitrogens with zero attached hydrogens (tertiary/aromatic N) is 1. The van der Waals surface area contributed by atoms with Gasteiger partial charge in [0.15, 0.2) is 0 Å². The van der Waals surface area contributed by atoms with Crippen LogP contribution in [0.2, 0.25) is 10.0 Å². The maximum Gasteiger partial charge on any atom is 0.0639 e. The van der Waals surface area contributed by atoms with Crippen LogP contribution in [0.1, 0.15) is 25.5 Å². The van der Waals surface area contributed by atoms with Gasteiger partial charge in [0.2, 0.25) is 0 Å². The molecule has 0 aliphatic heterocycles. The Morgan fingerprint density at radius 1 is 1.38 bits per heavy atom. The van der Waals surface area contributed by atoms with Crippen LogP contribution < -0.4 is 0 Å². The second kappa shape index (κ2) is 4.63. The van der Waals surface area contributed by atoms with Gasteiger partial charge in [-0.2, -0.15) is 0 Å². The highest BCUT2D eigenvalue weighted by Gasteiger charge is 2.15. The predicted molar refractivity (Wildman–Crippen MR) is 61.1 cm³/mol. The first-order valence-electron chi connectivity index (χ1n) is 3.97. The summed E-state index contributed by atoms with van der Waals surface area (Å²) in [4.78, 5) is 4.55. The third-order valence-corrected chi connectivity index (χ3v) is 3.26. The van der Waals surface area contributed by atoms with Gasteiger partial charge in [0.1, 0.15) is 0 Å². The van der Waals surface area contributed by atoms with E-state index in [-0.39, 0.29) is 5.92 Å². The molecule has 0 aliphatic rings. The zero-order valence-corrected chi connectivity index (χ0v) is 10.5. The van der Waals surface area contributed by atoms with Gasteiger partial charge in [-0.3, -0.25) is 4.98 Å². The number of pyridine rings is 1. The number of halogens is 3. The maximum atomic E-state index is 6.00. The number of hydrogen-bond donors (Lipinski definition) is 0. The fraction of sp³-hybridized carbons (Fsp3) is 0.444. The minimum atomic E-state index is 0.282. The van der Waals surface area contributed by atoms with E-state index in [0.29, 0.717) is 14.9 Å². The Labute approximate surface area is 96.6 Å². The molecule has 0 aliphatic carbocycles. The molecule has 1 aromatic heterocycles. The third kappa shape index (κ3) is 2.83. The molecule has 0 saturated carbocycles. The van der Waals surface area contributed by atoms with E-state index in [0.717, 1.165) is 5.69 Å². The molecule has 2 atom stereocenters. The quantitative estimate of drug-likeness (QED) is 0.738. The summed E-state index contributed by atoms with van der Waals surface area (Å²) in [7, 11) is 0. The van der Waals surface area contributed by atoms with Crippen molar-refractivity contribution in [2.75, 3.05) is 0 Å². The first-order chi connectivity index (χ1) is 6.02. The fourth-order valence-electron chi connectivity index (χ4n) is 0.978. The zero-order chi connectivity index (χ0) is 10.0. The summed E-state index contributed by atoms with van der Waals surface area (Å²) >= 11 is 15.2. The minimum absolute atomic E-state index is 0.282. The van der Waals surface area contributed by atoms with Crippen molar-refractivity contribution in [1.29, 1.82) is 0 Å². The van der Waals surface area contributed by atoms with Crippen LogP contribution in [0.3, 0.4) is 0 Å². The lowest BCUT2D eigenvalue weighted by atomic mass is 10.0. The molecule has 0 fully saturated rings. The normalized spacial score (nSPS) is 15.5. The smallest absolute Gasteiger partial charge is 0.0639 e. The molecule has 13 heavy (non-hydrogen) atoms. The molecule has 1 rings (SSSR count). The monoisotopic (exact) mass is 281 g/mol. The number of rotatable bonds is 2. The molecule has 0 bridgehead atoms. The standard InChI is InChI=1S/C9H10BrCl2N/c1-5(6(2)10)9-8(12)3-7(11)4-13-9/h3-6H,1-2H3. The van der Waals surface area contributed by atoms with E-state index in [1.54, 1.807) is 12.3 Å². The van der Waals surface area contributed by atoms with E-state index in [4.69, 9.17) is 23.2 Å². The molecule has 0 aromatic carbocycles. The number of alkyl halides is 1. The van der Waals surface area contributed by atoms with Gasteiger partial charge in [0.25, 0.3) is 0 Å². The Morgan fingerprint density at radius 2 is 2.00 bits per heavy atom. The van der Waals surface area contributed by atoms with Crippen LogP contribution in [0.15, 0.2) is 12.3 Å². The molecule has 0 spiro atoms. The van der Waals surface area contributed by atoms with Crippen LogP contribution in [0.5, 0.6) is 0 Å². The van der Waals surface area contributed by atoms with E-state index < -0.39 is 0 Å². The summed E-state index contributed by atoms with van der Waals surface area (Å²) in [5, 5.41) is 1.20. The van der Waals surface area contributed by atoms with E-state index in [9.17, 15) is 0 Å². The highest BCUT2D eigenvalue weighted by molar-refractivity contribution is 9.09. The number of aromatic nitrogens is 1. The van der Waals surface area contributed by atoms with Gasteiger partial charge in [-0.05, 0) is 6.07 Å². The Bertz CT molecular complexity index is 302. The second-order valence-electron chi connectivity index (χ2n) is 2.99. The van der Waals surface area contributed by atoms with Crippen LogP contribution in [0, 0.1) is 0 Å². The van der Waals surface area contributed by atoms with Crippen LogP contribution >= 0.6 is 39.1 Å². The van der Waals surface area contributed by atoms with Crippen LogP contribution in [0.4, 0.5) is 0 Å². The summed E-state index contributed by atoms with van der Waals surface area (Å²) in [5.74, 6) is 0.282. The lowest BCUT2D eigenvalue weighted by molar-refractivity contribution is 0.734. The second-order valence-corrected chi connectivity index (χ2v) is 5.27. The molecule has 0 N–H and O–H groups in total. The maximum absolute atomic E-state index is 6.00. The average molecular weight is 283 g/mol. The summed E-state index contributed by atoms with van der Waals surface area (Å²) in [6.07, 6.45) is 1.62. The van der Waals surface area contributed by atoms with Gasteiger partial charge in [-0.25, -0.2) is 0 Å². The Balaban J connectivity index is 3.01. The first kappa shape index (κ1) is 11.3. The van der Waals surface area contributed by atoms with Crippen molar-refractivity contribution in [3.63, 3.8) is 0 Å². The molecule has 72 valence electrons. The van der Waals surface area contributed by atoms with Gasteiger partial charge in [0.05, 0.1) is 15.7 Å². The van der Waals surface area contributed by atoms with Gasteiger partial charge in [-0.1, -0.05) is 53.0 Å². The van der Waals surface area contributed by atoms with Gasteiger partial charge >= 0.3 is 0 Å².